The lowest BCUT2D eigenvalue weighted by Gasteiger charge is -2.29. The first-order valence-electron chi connectivity index (χ1n) is 7.61. The van der Waals surface area contributed by atoms with E-state index in [1.165, 1.54) is 11.0 Å². The maximum Gasteiger partial charge on any atom is 0.417 e. The summed E-state index contributed by atoms with van der Waals surface area (Å²) in [6, 6.07) is 4.85. The molecule has 1 aliphatic carbocycles. The van der Waals surface area contributed by atoms with Crippen LogP contribution in [0, 0.1) is 11.3 Å². The van der Waals surface area contributed by atoms with Gasteiger partial charge >= 0.3 is 6.18 Å². The van der Waals surface area contributed by atoms with Gasteiger partial charge in [0.05, 0.1) is 22.9 Å². The Bertz CT molecular complexity index is 757. The number of nitrogens with zero attached hydrogens (tertiary/aromatic N) is 3. The molecule has 1 aromatic rings. The van der Waals surface area contributed by atoms with E-state index in [1.54, 1.807) is 18.0 Å². The van der Waals surface area contributed by atoms with Crippen molar-refractivity contribution in [3.05, 3.63) is 41.7 Å². The van der Waals surface area contributed by atoms with E-state index >= 15 is 0 Å². The molecule has 7 heteroatoms. The van der Waals surface area contributed by atoms with E-state index in [2.05, 4.69) is 6.58 Å². The first-order chi connectivity index (χ1) is 11.2. The lowest BCUT2D eigenvalue weighted by atomic mass is 9.96. The number of hydrogen-bond donors (Lipinski definition) is 0. The fourth-order valence-corrected chi connectivity index (χ4v) is 3.64. The van der Waals surface area contributed by atoms with Gasteiger partial charge in [-0.2, -0.15) is 18.4 Å². The average molecular weight is 335 g/mol. The van der Waals surface area contributed by atoms with Gasteiger partial charge in [0, 0.05) is 7.05 Å². The average Bonchev–Trinajstić information content (AvgIpc) is 3.09. The smallest absolute Gasteiger partial charge is 0.346 e. The molecule has 4 nitrogen and oxygen atoms in total. The summed E-state index contributed by atoms with van der Waals surface area (Å²) in [4.78, 5) is 16.0. The molecule has 0 aromatic heterocycles. The number of benzene rings is 1. The highest BCUT2D eigenvalue weighted by atomic mass is 19.4. The Kier molecular flexibility index (Phi) is 3.59. The molecule has 1 saturated heterocycles. The molecule has 2 aliphatic rings. The highest BCUT2D eigenvalue weighted by Crippen LogP contribution is 2.46. The molecular weight excluding hydrogens is 319 g/mol. The molecule has 1 aromatic carbocycles. The van der Waals surface area contributed by atoms with E-state index < -0.39 is 22.8 Å². The van der Waals surface area contributed by atoms with Crippen LogP contribution in [0.1, 0.15) is 36.8 Å². The second-order valence-corrected chi connectivity index (χ2v) is 6.19. The molecule has 3 rings (SSSR count). The van der Waals surface area contributed by atoms with E-state index in [9.17, 15) is 18.0 Å². The number of carbonyl (C=O) groups is 1. The van der Waals surface area contributed by atoms with Gasteiger partial charge < -0.3 is 4.90 Å². The molecule has 1 saturated carbocycles. The standard InChI is InChI=1S/C17H16F3N3O/c1-11-22(2)16(7-3-4-8-16)15(24)23(11)13-6-5-12(10-21)14(9-13)17(18,19)20/h5-6,9H,1,3-4,7-8H2,2H3. The van der Waals surface area contributed by atoms with Crippen LogP contribution >= 0.6 is 0 Å². The van der Waals surface area contributed by atoms with Gasteiger partial charge in [0.15, 0.2) is 0 Å². The summed E-state index contributed by atoms with van der Waals surface area (Å²) >= 11 is 0. The van der Waals surface area contributed by atoms with Crippen LogP contribution in [0.2, 0.25) is 0 Å². The van der Waals surface area contributed by atoms with Crippen LogP contribution in [-0.4, -0.2) is 23.4 Å². The SMILES string of the molecule is C=C1N(c2ccc(C#N)c(C(F)(F)F)c2)C(=O)C2(CCCC2)N1C. The number of halogens is 3. The van der Waals surface area contributed by atoms with E-state index in [-0.39, 0.29) is 11.6 Å². The Labute approximate surface area is 137 Å². The Balaban J connectivity index is 2.08. The van der Waals surface area contributed by atoms with Gasteiger partial charge in [-0.1, -0.05) is 19.4 Å². The minimum absolute atomic E-state index is 0.0898. The number of carbonyl (C=O) groups excluding carboxylic acids is 1. The predicted molar refractivity (Wildman–Crippen MR) is 81.7 cm³/mol. The van der Waals surface area contributed by atoms with Crippen molar-refractivity contribution in [2.45, 2.75) is 37.4 Å². The van der Waals surface area contributed by atoms with Crippen molar-refractivity contribution in [3.8, 4) is 6.07 Å². The van der Waals surface area contributed by atoms with Crippen LogP contribution in [0.4, 0.5) is 18.9 Å². The number of rotatable bonds is 1. The van der Waals surface area contributed by atoms with Gasteiger partial charge in [-0.15, -0.1) is 0 Å². The molecule has 0 bridgehead atoms. The van der Waals surface area contributed by atoms with Gasteiger partial charge in [-0.25, -0.2) is 0 Å². The lowest BCUT2D eigenvalue weighted by Crippen LogP contribution is -2.44. The Morgan fingerprint density at radius 2 is 1.92 bits per heavy atom. The Morgan fingerprint density at radius 3 is 2.46 bits per heavy atom. The normalized spacial score (nSPS) is 20.1. The molecule has 1 heterocycles. The molecule has 24 heavy (non-hydrogen) atoms. The summed E-state index contributed by atoms with van der Waals surface area (Å²) in [5.41, 5.74) is -2.12. The summed E-state index contributed by atoms with van der Waals surface area (Å²) < 4.78 is 39.5. The second kappa shape index (κ2) is 5.26. The third-order valence-electron chi connectivity index (χ3n) is 5.01. The number of likely N-dealkylation sites (N-methyl/N-ethyl adjacent to an activating group) is 1. The van der Waals surface area contributed by atoms with Crippen LogP contribution in [0.5, 0.6) is 0 Å². The van der Waals surface area contributed by atoms with Gasteiger partial charge in [-0.3, -0.25) is 9.69 Å². The number of nitriles is 1. The summed E-state index contributed by atoms with van der Waals surface area (Å²) in [5, 5.41) is 8.90. The predicted octanol–water partition coefficient (Wildman–Crippen LogP) is 3.64. The molecule has 1 amide bonds. The number of alkyl halides is 3. The van der Waals surface area contributed by atoms with Crippen molar-refractivity contribution in [1.82, 2.24) is 4.90 Å². The third kappa shape index (κ3) is 2.17. The molecule has 2 fully saturated rings. The molecule has 1 aliphatic heterocycles. The number of anilines is 1. The Morgan fingerprint density at radius 1 is 1.29 bits per heavy atom. The lowest BCUT2D eigenvalue weighted by molar-refractivity contribution is -0.137. The van der Waals surface area contributed by atoms with Crippen LogP contribution in [0.15, 0.2) is 30.6 Å². The van der Waals surface area contributed by atoms with Gasteiger partial charge in [-0.05, 0) is 31.0 Å². The first kappa shape index (κ1) is 16.4. The summed E-state index contributed by atoms with van der Waals surface area (Å²) in [6.07, 6.45) is -1.53. The topological polar surface area (TPSA) is 47.3 Å². The molecule has 0 unspecified atom stereocenters. The van der Waals surface area contributed by atoms with E-state index in [4.69, 9.17) is 5.26 Å². The van der Waals surface area contributed by atoms with Crippen molar-refractivity contribution in [3.63, 3.8) is 0 Å². The van der Waals surface area contributed by atoms with E-state index in [0.717, 1.165) is 25.0 Å². The van der Waals surface area contributed by atoms with Crippen molar-refractivity contribution < 1.29 is 18.0 Å². The zero-order chi connectivity index (χ0) is 17.7. The largest absolute Gasteiger partial charge is 0.417 e. The molecule has 0 N–H and O–H groups in total. The fourth-order valence-electron chi connectivity index (χ4n) is 3.64. The minimum atomic E-state index is -4.66. The summed E-state index contributed by atoms with van der Waals surface area (Å²) in [5.74, 6) is 0.116. The minimum Gasteiger partial charge on any atom is -0.346 e. The van der Waals surface area contributed by atoms with Gasteiger partial charge in [0.2, 0.25) is 0 Å². The monoisotopic (exact) mass is 335 g/mol. The van der Waals surface area contributed by atoms with Crippen molar-refractivity contribution in [1.29, 1.82) is 5.26 Å². The van der Waals surface area contributed by atoms with Gasteiger partial charge in [0.1, 0.15) is 11.4 Å². The fraction of sp³-hybridized carbons (Fsp3) is 0.412. The molecular formula is C17H16F3N3O. The van der Waals surface area contributed by atoms with Crippen molar-refractivity contribution >= 4 is 11.6 Å². The zero-order valence-electron chi connectivity index (χ0n) is 13.2. The molecule has 126 valence electrons. The highest BCUT2D eigenvalue weighted by Gasteiger charge is 2.54. The molecule has 0 atom stereocenters. The maximum absolute atomic E-state index is 13.2. The number of hydrogen-bond acceptors (Lipinski definition) is 3. The van der Waals surface area contributed by atoms with Crippen LogP contribution in [-0.2, 0) is 11.0 Å². The summed E-state index contributed by atoms with van der Waals surface area (Å²) in [7, 11) is 1.75. The van der Waals surface area contributed by atoms with E-state index in [1.807, 2.05) is 0 Å². The first-order valence-corrected chi connectivity index (χ1v) is 7.61. The van der Waals surface area contributed by atoms with Crippen molar-refractivity contribution in [2.24, 2.45) is 0 Å². The Hall–Kier alpha value is -2.49. The maximum atomic E-state index is 13.2. The van der Waals surface area contributed by atoms with E-state index in [0.29, 0.717) is 18.7 Å². The highest BCUT2D eigenvalue weighted by molar-refractivity contribution is 6.06. The third-order valence-corrected chi connectivity index (χ3v) is 5.01. The molecule has 1 spiro atoms. The number of amides is 1. The van der Waals surface area contributed by atoms with Crippen LogP contribution in [0.3, 0.4) is 0 Å². The zero-order valence-corrected chi connectivity index (χ0v) is 13.2. The molecule has 0 radical (unpaired) electrons. The summed E-state index contributed by atoms with van der Waals surface area (Å²) in [6.45, 7) is 3.88. The van der Waals surface area contributed by atoms with Crippen LogP contribution < -0.4 is 4.90 Å². The second-order valence-electron chi connectivity index (χ2n) is 6.19. The van der Waals surface area contributed by atoms with Crippen molar-refractivity contribution in [2.75, 3.05) is 11.9 Å². The van der Waals surface area contributed by atoms with Gasteiger partial charge in [0.25, 0.3) is 5.91 Å². The quantitative estimate of drug-likeness (QED) is 0.787. The van der Waals surface area contributed by atoms with Crippen LogP contribution in [0.25, 0.3) is 0 Å².